The van der Waals surface area contributed by atoms with Crippen LogP contribution in [0.15, 0.2) is 24.3 Å². The highest BCUT2D eigenvalue weighted by Crippen LogP contribution is 2.17. The third-order valence-electron chi connectivity index (χ3n) is 2.72. The van der Waals surface area contributed by atoms with Crippen molar-refractivity contribution in [1.82, 2.24) is 10.6 Å². The summed E-state index contributed by atoms with van der Waals surface area (Å²) < 4.78 is 10.6. The normalized spacial score (nSPS) is 11.4. The van der Waals surface area contributed by atoms with E-state index in [0.717, 1.165) is 11.5 Å². The fraction of sp³-hybridized carbons (Fsp3) is 0.467. The molecule has 0 saturated carbocycles. The standard InChI is InChI=1S/C15H22N2O4S/c1-4-16-15(19)17-14(18)11(2)22-10-9-21-13-7-5-12(20-3)6-8-13/h5-8,11H,4,9-10H2,1-3H3,(H2,16,17,18,19)/t11-/m1/s1. The van der Waals surface area contributed by atoms with E-state index in [2.05, 4.69) is 10.6 Å². The smallest absolute Gasteiger partial charge is 0.321 e. The van der Waals surface area contributed by atoms with Gasteiger partial charge in [0.2, 0.25) is 5.91 Å². The molecule has 7 heteroatoms. The molecular weight excluding hydrogens is 304 g/mol. The van der Waals surface area contributed by atoms with E-state index in [4.69, 9.17) is 9.47 Å². The van der Waals surface area contributed by atoms with Gasteiger partial charge < -0.3 is 14.8 Å². The summed E-state index contributed by atoms with van der Waals surface area (Å²) in [5, 5.41) is 4.48. The Bertz CT molecular complexity index is 479. The molecule has 2 N–H and O–H groups in total. The molecule has 1 atom stereocenters. The van der Waals surface area contributed by atoms with Crippen molar-refractivity contribution in [3.05, 3.63) is 24.3 Å². The maximum atomic E-state index is 11.7. The minimum atomic E-state index is -0.463. The molecule has 6 nitrogen and oxygen atoms in total. The van der Waals surface area contributed by atoms with E-state index in [-0.39, 0.29) is 11.2 Å². The Labute approximate surface area is 134 Å². The lowest BCUT2D eigenvalue weighted by atomic mass is 10.3. The van der Waals surface area contributed by atoms with Crippen LogP contribution in [0.1, 0.15) is 13.8 Å². The molecule has 1 aromatic rings. The molecule has 0 unspecified atom stereocenters. The summed E-state index contributed by atoms with van der Waals surface area (Å²) in [7, 11) is 1.61. The SMILES string of the molecule is CCNC(=O)NC(=O)[C@@H](C)SCCOc1ccc(OC)cc1. The molecule has 0 fully saturated rings. The van der Waals surface area contributed by atoms with Crippen molar-refractivity contribution in [2.24, 2.45) is 0 Å². The molecule has 122 valence electrons. The van der Waals surface area contributed by atoms with Gasteiger partial charge in [0, 0.05) is 12.3 Å². The van der Waals surface area contributed by atoms with Gasteiger partial charge in [-0.05, 0) is 38.1 Å². The number of benzene rings is 1. The number of nitrogens with one attached hydrogen (secondary N) is 2. The van der Waals surface area contributed by atoms with E-state index >= 15 is 0 Å². The molecular formula is C15H22N2O4S. The molecule has 0 spiro atoms. The van der Waals surface area contributed by atoms with E-state index < -0.39 is 6.03 Å². The van der Waals surface area contributed by atoms with Gasteiger partial charge in [-0.25, -0.2) is 4.79 Å². The Morgan fingerprint density at radius 2 is 1.86 bits per heavy atom. The third kappa shape index (κ3) is 6.71. The first-order valence-corrected chi connectivity index (χ1v) is 8.08. The summed E-state index contributed by atoms with van der Waals surface area (Å²) in [5.41, 5.74) is 0. The Hall–Kier alpha value is -1.89. The Kier molecular flexibility index (Phi) is 8.21. The van der Waals surface area contributed by atoms with Gasteiger partial charge in [-0.15, -0.1) is 11.8 Å². The van der Waals surface area contributed by atoms with Crippen LogP contribution in [0.5, 0.6) is 11.5 Å². The van der Waals surface area contributed by atoms with Crippen molar-refractivity contribution in [2.45, 2.75) is 19.1 Å². The number of urea groups is 1. The van der Waals surface area contributed by atoms with Crippen LogP contribution >= 0.6 is 11.8 Å². The van der Waals surface area contributed by atoms with Gasteiger partial charge in [-0.2, -0.15) is 0 Å². The van der Waals surface area contributed by atoms with E-state index in [0.29, 0.717) is 18.9 Å². The number of rotatable bonds is 8. The van der Waals surface area contributed by atoms with E-state index in [1.807, 2.05) is 24.3 Å². The van der Waals surface area contributed by atoms with Crippen LogP contribution in [0.3, 0.4) is 0 Å². The van der Waals surface area contributed by atoms with Crippen molar-refractivity contribution in [1.29, 1.82) is 0 Å². The Morgan fingerprint density at radius 3 is 2.45 bits per heavy atom. The summed E-state index contributed by atoms with van der Waals surface area (Å²) in [5.74, 6) is 1.87. The lowest BCUT2D eigenvalue weighted by Gasteiger charge is -2.12. The highest BCUT2D eigenvalue weighted by molar-refractivity contribution is 8.00. The first-order chi connectivity index (χ1) is 10.6. The zero-order valence-electron chi connectivity index (χ0n) is 13.0. The molecule has 0 radical (unpaired) electrons. The Balaban J connectivity index is 2.22. The lowest BCUT2D eigenvalue weighted by Crippen LogP contribution is -2.42. The average Bonchev–Trinajstić information content (AvgIpc) is 2.52. The Morgan fingerprint density at radius 1 is 1.23 bits per heavy atom. The van der Waals surface area contributed by atoms with Crippen LogP contribution in [0.2, 0.25) is 0 Å². The number of amides is 3. The lowest BCUT2D eigenvalue weighted by molar-refractivity contribution is -0.119. The van der Waals surface area contributed by atoms with Gasteiger partial charge in [0.1, 0.15) is 11.5 Å². The first kappa shape index (κ1) is 18.2. The molecule has 1 aromatic carbocycles. The molecule has 0 saturated heterocycles. The predicted octanol–water partition coefficient (Wildman–Crippen LogP) is 2.04. The van der Waals surface area contributed by atoms with Crippen LogP contribution in [0.25, 0.3) is 0 Å². The van der Waals surface area contributed by atoms with Crippen molar-refractivity contribution < 1.29 is 19.1 Å². The average molecular weight is 326 g/mol. The maximum Gasteiger partial charge on any atom is 0.321 e. The van der Waals surface area contributed by atoms with Gasteiger partial charge in [-0.3, -0.25) is 10.1 Å². The predicted molar refractivity (Wildman–Crippen MR) is 87.6 cm³/mol. The number of imide groups is 1. The van der Waals surface area contributed by atoms with Crippen LogP contribution in [-0.4, -0.2) is 43.2 Å². The van der Waals surface area contributed by atoms with Crippen molar-refractivity contribution in [2.75, 3.05) is 26.0 Å². The van der Waals surface area contributed by atoms with Crippen molar-refractivity contribution >= 4 is 23.7 Å². The second kappa shape index (κ2) is 9.94. The fourth-order valence-electron chi connectivity index (χ4n) is 1.55. The molecule has 0 aliphatic heterocycles. The number of carbonyl (C=O) groups excluding carboxylic acids is 2. The molecule has 0 aromatic heterocycles. The van der Waals surface area contributed by atoms with Gasteiger partial charge in [-0.1, -0.05) is 0 Å². The topological polar surface area (TPSA) is 76.7 Å². The zero-order chi connectivity index (χ0) is 16.4. The summed E-state index contributed by atoms with van der Waals surface area (Å²) in [6.07, 6.45) is 0. The highest BCUT2D eigenvalue weighted by atomic mass is 32.2. The van der Waals surface area contributed by atoms with E-state index in [1.165, 1.54) is 11.8 Å². The molecule has 3 amide bonds. The monoisotopic (exact) mass is 326 g/mol. The largest absolute Gasteiger partial charge is 0.497 e. The van der Waals surface area contributed by atoms with Crippen LogP contribution in [0, 0.1) is 0 Å². The van der Waals surface area contributed by atoms with Gasteiger partial charge in [0.15, 0.2) is 0 Å². The van der Waals surface area contributed by atoms with E-state index in [9.17, 15) is 9.59 Å². The molecule has 0 heterocycles. The third-order valence-corrected chi connectivity index (χ3v) is 3.84. The number of carbonyl (C=O) groups is 2. The highest BCUT2D eigenvalue weighted by Gasteiger charge is 2.15. The maximum absolute atomic E-state index is 11.7. The molecule has 0 aliphatic carbocycles. The molecule has 22 heavy (non-hydrogen) atoms. The number of hydrogen-bond donors (Lipinski definition) is 2. The quantitative estimate of drug-likeness (QED) is 0.715. The second-order valence-corrected chi connectivity index (χ2v) is 5.83. The van der Waals surface area contributed by atoms with Gasteiger partial charge in [0.05, 0.1) is 19.0 Å². The minimum absolute atomic E-state index is 0.305. The molecule has 0 bridgehead atoms. The summed E-state index contributed by atoms with van der Waals surface area (Å²) in [4.78, 5) is 23.0. The summed E-state index contributed by atoms with van der Waals surface area (Å²) in [6.45, 7) is 4.51. The van der Waals surface area contributed by atoms with E-state index in [1.54, 1.807) is 21.0 Å². The van der Waals surface area contributed by atoms with Gasteiger partial charge in [0.25, 0.3) is 0 Å². The number of hydrogen-bond acceptors (Lipinski definition) is 5. The molecule has 1 rings (SSSR count). The van der Waals surface area contributed by atoms with Crippen LogP contribution in [0.4, 0.5) is 4.79 Å². The van der Waals surface area contributed by atoms with Crippen LogP contribution < -0.4 is 20.1 Å². The molecule has 0 aliphatic rings. The number of methoxy groups -OCH3 is 1. The summed E-state index contributed by atoms with van der Waals surface area (Å²) >= 11 is 1.43. The van der Waals surface area contributed by atoms with Crippen molar-refractivity contribution in [3.63, 3.8) is 0 Å². The van der Waals surface area contributed by atoms with Crippen molar-refractivity contribution in [3.8, 4) is 11.5 Å². The zero-order valence-corrected chi connectivity index (χ0v) is 13.9. The number of thioether (sulfide) groups is 1. The second-order valence-electron chi connectivity index (χ2n) is 4.39. The first-order valence-electron chi connectivity index (χ1n) is 7.04. The van der Waals surface area contributed by atoms with Gasteiger partial charge >= 0.3 is 6.03 Å². The fourth-order valence-corrected chi connectivity index (χ4v) is 2.29. The summed E-state index contributed by atoms with van der Waals surface area (Å²) in [6, 6.07) is 6.84. The van der Waals surface area contributed by atoms with Crippen LogP contribution in [-0.2, 0) is 4.79 Å². The number of ether oxygens (including phenoxy) is 2. The minimum Gasteiger partial charge on any atom is -0.497 e.